The van der Waals surface area contributed by atoms with Crippen LogP contribution in [0.4, 0.5) is 0 Å². The molecule has 182 valence electrons. The van der Waals surface area contributed by atoms with Crippen LogP contribution < -0.4 is 5.32 Å². The number of amides is 2. The zero-order chi connectivity index (χ0) is 24.2. The van der Waals surface area contributed by atoms with Crippen molar-refractivity contribution < 1.29 is 24.2 Å². The zero-order valence-electron chi connectivity index (χ0n) is 19.8. The highest BCUT2D eigenvalue weighted by atomic mass is 16.7. The summed E-state index contributed by atoms with van der Waals surface area (Å²) >= 11 is 0. The molecule has 0 unspecified atom stereocenters. The molecule has 0 aliphatic carbocycles. The first kappa shape index (κ1) is 25.1. The summed E-state index contributed by atoms with van der Waals surface area (Å²) in [4.78, 5) is 27.3. The van der Waals surface area contributed by atoms with E-state index in [-0.39, 0.29) is 24.8 Å². The van der Waals surface area contributed by atoms with E-state index < -0.39 is 29.4 Å². The Morgan fingerprint density at radius 2 is 2.06 bits per heavy atom. The van der Waals surface area contributed by atoms with Gasteiger partial charge in [0.2, 0.25) is 11.8 Å². The van der Waals surface area contributed by atoms with Crippen molar-refractivity contribution in [2.75, 3.05) is 26.8 Å². The van der Waals surface area contributed by atoms with E-state index >= 15 is 0 Å². The molecule has 3 heterocycles. The Morgan fingerprint density at radius 3 is 2.67 bits per heavy atom. The molecule has 33 heavy (non-hydrogen) atoms. The van der Waals surface area contributed by atoms with Crippen LogP contribution in [-0.2, 0) is 25.5 Å². The number of hydrogen-bond acceptors (Lipinski definition) is 8. The monoisotopic (exact) mass is 462 g/mol. The van der Waals surface area contributed by atoms with E-state index in [0.717, 1.165) is 0 Å². The van der Waals surface area contributed by atoms with Gasteiger partial charge in [-0.15, -0.1) is 5.10 Å². The summed E-state index contributed by atoms with van der Waals surface area (Å²) in [6.07, 6.45) is 3.05. The van der Waals surface area contributed by atoms with Crippen LogP contribution >= 0.6 is 0 Å². The van der Waals surface area contributed by atoms with Crippen LogP contribution in [0.5, 0.6) is 0 Å². The van der Waals surface area contributed by atoms with Crippen LogP contribution in [-0.4, -0.2) is 81.6 Å². The Kier molecular flexibility index (Phi) is 7.72. The molecule has 11 nitrogen and oxygen atoms in total. The molecule has 0 aromatic carbocycles. The number of likely N-dealkylation sites (N-methyl/N-ethyl adjacent to an activating group) is 1. The van der Waals surface area contributed by atoms with E-state index in [1.165, 1.54) is 11.9 Å². The maximum atomic E-state index is 13.6. The first-order valence-electron chi connectivity index (χ1n) is 11.4. The molecule has 0 radical (unpaired) electrons. The van der Waals surface area contributed by atoms with Crippen molar-refractivity contribution in [3.63, 3.8) is 0 Å². The molecule has 2 fully saturated rings. The fourth-order valence-corrected chi connectivity index (χ4v) is 4.54. The van der Waals surface area contributed by atoms with Crippen molar-refractivity contribution in [3.8, 4) is 6.07 Å². The molecule has 2 N–H and O–H groups in total. The molecule has 2 aliphatic rings. The van der Waals surface area contributed by atoms with E-state index in [1.54, 1.807) is 10.9 Å². The van der Waals surface area contributed by atoms with Crippen molar-refractivity contribution in [2.45, 2.75) is 76.9 Å². The Balaban J connectivity index is 1.77. The van der Waals surface area contributed by atoms with Gasteiger partial charge in [0.1, 0.15) is 12.1 Å². The first-order valence-corrected chi connectivity index (χ1v) is 11.4. The Labute approximate surface area is 194 Å². The lowest BCUT2D eigenvalue weighted by Crippen LogP contribution is -2.49. The van der Waals surface area contributed by atoms with Crippen LogP contribution in [0.3, 0.4) is 0 Å². The maximum absolute atomic E-state index is 13.6. The van der Waals surface area contributed by atoms with Crippen LogP contribution in [0, 0.1) is 16.7 Å². The molecule has 1 aromatic rings. The normalized spacial score (nSPS) is 23.3. The van der Waals surface area contributed by atoms with Gasteiger partial charge in [-0.1, -0.05) is 26.0 Å². The number of carbonyl (C=O) groups excluding carboxylic acids is 2. The number of aliphatic hydroxyl groups excluding tert-OH is 1. The molecule has 0 saturated carbocycles. The first-order chi connectivity index (χ1) is 15.6. The maximum Gasteiger partial charge on any atom is 0.248 e. The van der Waals surface area contributed by atoms with E-state index in [0.29, 0.717) is 44.6 Å². The van der Waals surface area contributed by atoms with Gasteiger partial charge in [0, 0.05) is 45.5 Å². The SMILES string of the molecule is CNC(=O)[C@@H]1C[C@@H](O)CN1C(=O)[C@@H](n1cc(CCC2(CCC#N)OCCO2)nn1)C(C)(C)C. The lowest BCUT2D eigenvalue weighted by Gasteiger charge is -2.34. The number of hydrogen-bond donors (Lipinski definition) is 2. The molecule has 2 aliphatic heterocycles. The highest BCUT2D eigenvalue weighted by molar-refractivity contribution is 5.90. The van der Waals surface area contributed by atoms with Gasteiger partial charge >= 0.3 is 0 Å². The Bertz CT molecular complexity index is 883. The molecular formula is C22H34N6O5. The summed E-state index contributed by atoms with van der Waals surface area (Å²) in [5, 5.41) is 30.1. The molecule has 2 saturated heterocycles. The van der Waals surface area contributed by atoms with Gasteiger partial charge in [0.05, 0.1) is 31.1 Å². The lowest BCUT2D eigenvalue weighted by atomic mass is 9.85. The molecule has 2 amide bonds. The molecule has 3 atom stereocenters. The summed E-state index contributed by atoms with van der Waals surface area (Å²) < 4.78 is 13.1. The fraction of sp³-hybridized carbons (Fsp3) is 0.773. The van der Waals surface area contributed by atoms with Gasteiger partial charge in [0.25, 0.3) is 0 Å². The number of nitrogens with one attached hydrogen (secondary N) is 1. The average Bonchev–Trinajstić information content (AvgIpc) is 3.50. The predicted octanol–water partition coefficient (Wildman–Crippen LogP) is 0.553. The van der Waals surface area contributed by atoms with Gasteiger partial charge in [-0.25, -0.2) is 4.68 Å². The third kappa shape index (κ3) is 5.69. The van der Waals surface area contributed by atoms with Crippen molar-refractivity contribution in [1.29, 1.82) is 5.26 Å². The third-order valence-electron chi connectivity index (χ3n) is 6.18. The Morgan fingerprint density at radius 1 is 1.36 bits per heavy atom. The van der Waals surface area contributed by atoms with E-state index in [1.807, 2.05) is 20.8 Å². The number of ether oxygens (including phenoxy) is 2. The van der Waals surface area contributed by atoms with Gasteiger partial charge < -0.3 is 24.8 Å². The lowest BCUT2D eigenvalue weighted by molar-refractivity contribution is -0.165. The van der Waals surface area contributed by atoms with E-state index in [2.05, 4.69) is 21.7 Å². The van der Waals surface area contributed by atoms with Crippen molar-refractivity contribution in [1.82, 2.24) is 25.2 Å². The van der Waals surface area contributed by atoms with Crippen LogP contribution in [0.15, 0.2) is 6.20 Å². The second-order valence-corrected chi connectivity index (χ2v) is 9.73. The summed E-state index contributed by atoms with van der Waals surface area (Å²) in [6, 6.07) is 0.704. The quantitative estimate of drug-likeness (QED) is 0.570. The number of aryl methyl sites for hydroxylation is 1. The van der Waals surface area contributed by atoms with Gasteiger partial charge in [-0.05, 0) is 11.8 Å². The predicted molar refractivity (Wildman–Crippen MR) is 117 cm³/mol. The molecule has 11 heteroatoms. The van der Waals surface area contributed by atoms with E-state index in [4.69, 9.17) is 14.7 Å². The average molecular weight is 463 g/mol. The number of aromatic nitrogens is 3. The number of carbonyl (C=O) groups is 2. The molecular weight excluding hydrogens is 428 g/mol. The van der Waals surface area contributed by atoms with Crippen molar-refractivity contribution in [2.24, 2.45) is 5.41 Å². The second kappa shape index (κ2) is 10.2. The van der Waals surface area contributed by atoms with Crippen LogP contribution in [0.25, 0.3) is 0 Å². The molecule has 0 spiro atoms. The summed E-state index contributed by atoms with van der Waals surface area (Å²) in [5.74, 6) is -1.37. The highest BCUT2D eigenvalue weighted by Crippen LogP contribution is 2.35. The largest absolute Gasteiger partial charge is 0.391 e. The number of aliphatic hydroxyl groups is 1. The third-order valence-corrected chi connectivity index (χ3v) is 6.18. The minimum absolute atomic E-state index is 0.0984. The van der Waals surface area contributed by atoms with Gasteiger partial charge in [-0.3, -0.25) is 9.59 Å². The highest BCUT2D eigenvalue weighted by Gasteiger charge is 2.45. The minimum Gasteiger partial charge on any atom is -0.391 e. The standard InChI is InChI=1S/C22H34N6O5/c1-21(2,3)18(20(31)27-14-16(29)12-17(27)19(30)24-4)28-13-15(25-26-28)6-8-22(7-5-9-23)32-10-11-33-22/h13,16-18,29H,5-8,10-12,14H2,1-4H3,(H,24,30)/t16-,17+,18-/m1/s1. The van der Waals surface area contributed by atoms with Crippen molar-refractivity contribution >= 4 is 11.8 Å². The topological polar surface area (TPSA) is 143 Å². The number of nitrogens with zero attached hydrogens (tertiary/aromatic N) is 5. The van der Waals surface area contributed by atoms with Crippen molar-refractivity contribution in [3.05, 3.63) is 11.9 Å². The Hall–Kier alpha value is -2.55. The van der Waals surface area contributed by atoms with Crippen LogP contribution in [0.2, 0.25) is 0 Å². The number of β-amino-alcohol motifs (C(OH)–C–C–N with tert-alkyl or cyclic N) is 1. The van der Waals surface area contributed by atoms with Crippen LogP contribution in [0.1, 0.15) is 58.2 Å². The van der Waals surface area contributed by atoms with Gasteiger partial charge in [0.15, 0.2) is 5.79 Å². The minimum atomic E-state index is -0.787. The number of nitriles is 1. The number of rotatable bonds is 8. The smallest absolute Gasteiger partial charge is 0.248 e. The summed E-state index contributed by atoms with van der Waals surface area (Å²) in [6.45, 7) is 6.86. The molecule has 1 aromatic heterocycles. The summed E-state index contributed by atoms with van der Waals surface area (Å²) in [7, 11) is 1.52. The fourth-order valence-electron chi connectivity index (χ4n) is 4.54. The molecule has 3 rings (SSSR count). The van der Waals surface area contributed by atoms with E-state index in [9.17, 15) is 14.7 Å². The summed E-state index contributed by atoms with van der Waals surface area (Å²) in [5.41, 5.74) is 0.158. The second-order valence-electron chi connectivity index (χ2n) is 9.73. The van der Waals surface area contributed by atoms with Gasteiger partial charge in [-0.2, -0.15) is 5.26 Å². The zero-order valence-corrected chi connectivity index (χ0v) is 19.8. The number of likely N-dealkylation sites (tertiary alicyclic amines) is 1. The molecule has 0 bridgehead atoms.